The van der Waals surface area contributed by atoms with E-state index in [4.69, 9.17) is 5.14 Å². The van der Waals surface area contributed by atoms with E-state index in [2.05, 4.69) is 0 Å². The van der Waals surface area contributed by atoms with E-state index < -0.39 is 26.5 Å². The summed E-state index contributed by atoms with van der Waals surface area (Å²) >= 11 is 0. The van der Waals surface area contributed by atoms with Crippen LogP contribution in [0.15, 0.2) is 47.4 Å². The largest absolute Gasteiger partial charge is 0.369 e. The number of nitro groups is 1. The number of nitrogens with two attached hydrogens (primary N) is 1. The van der Waals surface area contributed by atoms with Crippen LogP contribution in [0, 0.1) is 15.9 Å². The first-order valence-corrected chi connectivity index (χ1v) is 8.00. The molecule has 2 aromatic carbocycles. The van der Waals surface area contributed by atoms with Crippen LogP contribution < -0.4 is 10.0 Å². The van der Waals surface area contributed by atoms with Crippen LogP contribution in [0.4, 0.5) is 15.8 Å². The Morgan fingerprint density at radius 3 is 2.48 bits per heavy atom. The Labute approximate surface area is 132 Å². The van der Waals surface area contributed by atoms with E-state index in [1.807, 2.05) is 0 Å². The lowest BCUT2D eigenvalue weighted by molar-refractivity contribution is -0.385. The Morgan fingerprint density at radius 2 is 1.91 bits per heavy atom. The van der Waals surface area contributed by atoms with Gasteiger partial charge in [-0.15, -0.1) is 0 Å². The molecule has 0 fully saturated rings. The monoisotopic (exact) mass is 339 g/mol. The molecule has 0 aromatic heterocycles. The van der Waals surface area contributed by atoms with E-state index in [0.29, 0.717) is 5.56 Å². The summed E-state index contributed by atoms with van der Waals surface area (Å²) in [5.41, 5.74) is 0.118. The van der Waals surface area contributed by atoms with Crippen LogP contribution in [0.2, 0.25) is 0 Å². The smallest absolute Gasteiger partial charge is 0.270 e. The summed E-state index contributed by atoms with van der Waals surface area (Å²) in [6.07, 6.45) is 0. The quantitative estimate of drug-likeness (QED) is 0.662. The summed E-state index contributed by atoms with van der Waals surface area (Å²) in [4.78, 5) is 11.2. The molecule has 0 aliphatic carbocycles. The molecular weight excluding hydrogens is 325 g/mol. The van der Waals surface area contributed by atoms with Gasteiger partial charge in [-0.05, 0) is 12.1 Å². The molecule has 2 N–H and O–H groups in total. The van der Waals surface area contributed by atoms with E-state index in [-0.39, 0.29) is 17.1 Å². The fraction of sp³-hybridized carbons (Fsp3) is 0.143. The Hall–Kier alpha value is -2.52. The molecule has 9 heteroatoms. The molecular formula is C14H14FN3O4S. The molecule has 0 saturated heterocycles. The van der Waals surface area contributed by atoms with Gasteiger partial charge in [0.05, 0.1) is 10.6 Å². The first kappa shape index (κ1) is 16.8. The average Bonchev–Trinajstić information content (AvgIpc) is 2.48. The summed E-state index contributed by atoms with van der Waals surface area (Å²) in [7, 11) is -2.63. The fourth-order valence-electron chi connectivity index (χ4n) is 2.13. The summed E-state index contributed by atoms with van der Waals surface area (Å²) in [6, 6.07) is 9.39. The lowest BCUT2D eigenvalue weighted by Crippen LogP contribution is -2.22. The predicted molar refractivity (Wildman–Crippen MR) is 83.0 cm³/mol. The van der Waals surface area contributed by atoms with Crippen molar-refractivity contribution in [1.29, 1.82) is 0 Å². The number of nitrogens with zero attached hydrogens (tertiary/aromatic N) is 2. The second-order valence-electron chi connectivity index (χ2n) is 4.90. The first-order valence-electron chi connectivity index (χ1n) is 6.46. The van der Waals surface area contributed by atoms with Crippen molar-refractivity contribution in [3.8, 4) is 0 Å². The summed E-state index contributed by atoms with van der Waals surface area (Å²) in [5.74, 6) is -0.432. The highest BCUT2D eigenvalue weighted by molar-refractivity contribution is 7.89. The Bertz CT molecular complexity index is 855. The van der Waals surface area contributed by atoms with Crippen molar-refractivity contribution in [2.24, 2.45) is 5.14 Å². The van der Waals surface area contributed by atoms with E-state index in [1.54, 1.807) is 25.2 Å². The fourth-order valence-corrected chi connectivity index (χ4v) is 2.93. The first-order chi connectivity index (χ1) is 10.7. The van der Waals surface area contributed by atoms with E-state index in [9.17, 15) is 22.9 Å². The van der Waals surface area contributed by atoms with Gasteiger partial charge in [0.2, 0.25) is 10.0 Å². The molecule has 0 amide bonds. The predicted octanol–water partition coefficient (Wildman–Crippen LogP) is 2.02. The van der Waals surface area contributed by atoms with Crippen molar-refractivity contribution in [3.63, 3.8) is 0 Å². The molecule has 122 valence electrons. The van der Waals surface area contributed by atoms with Crippen molar-refractivity contribution < 1.29 is 17.7 Å². The number of benzene rings is 2. The van der Waals surface area contributed by atoms with E-state index >= 15 is 0 Å². The zero-order valence-corrected chi connectivity index (χ0v) is 13.0. The van der Waals surface area contributed by atoms with Gasteiger partial charge in [-0.3, -0.25) is 10.1 Å². The SMILES string of the molecule is CN(Cc1ccccc1F)c1ccc([N+](=O)[O-])cc1S(N)(=O)=O. The van der Waals surface area contributed by atoms with E-state index in [1.165, 1.54) is 23.1 Å². The summed E-state index contributed by atoms with van der Waals surface area (Å²) in [5, 5.41) is 15.9. The van der Waals surface area contributed by atoms with Crippen LogP contribution in [0.25, 0.3) is 0 Å². The molecule has 0 radical (unpaired) electrons. The van der Waals surface area contributed by atoms with Crippen LogP contribution in [0.3, 0.4) is 0 Å². The number of anilines is 1. The van der Waals surface area contributed by atoms with Gasteiger partial charge < -0.3 is 4.90 Å². The number of rotatable bonds is 5. The van der Waals surface area contributed by atoms with Crippen molar-refractivity contribution in [3.05, 3.63) is 64.0 Å². The minimum atomic E-state index is -4.18. The molecule has 2 aromatic rings. The number of halogens is 1. The maximum atomic E-state index is 13.7. The minimum Gasteiger partial charge on any atom is -0.369 e. The number of primary sulfonamides is 1. The molecule has 0 aliphatic heterocycles. The highest BCUT2D eigenvalue weighted by Crippen LogP contribution is 2.29. The molecule has 0 aliphatic rings. The molecule has 2 rings (SSSR count). The number of non-ortho nitro benzene ring substituents is 1. The third-order valence-electron chi connectivity index (χ3n) is 3.24. The normalized spacial score (nSPS) is 11.3. The Kier molecular flexibility index (Phi) is 4.62. The van der Waals surface area contributed by atoms with Gasteiger partial charge in [0.15, 0.2) is 0 Å². The minimum absolute atomic E-state index is 0.0764. The van der Waals surface area contributed by atoms with Crippen molar-refractivity contribution in [2.75, 3.05) is 11.9 Å². The van der Waals surface area contributed by atoms with Crippen LogP contribution in [0.1, 0.15) is 5.56 Å². The van der Waals surface area contributed by atoms with Gasteiger partial charge in [-0.2, -0.15) is 0 Å². The lowest BCUT2D eigenvalue weighted by atomic mass is 10.2. The summed E-state index contributed by atoms with van der Waals surface area (Å²) < 4.78 is 37.1. The molecule has 0 atom stereocenters. The number of nitro benzene ring substituents is 1. The number of hydrogen-bond acceptors (Lipinski definition) is 5. The zero-order valence-electron chi connectivity index (χ0n) is 12.1. The summed E-state index contributed by atoms with van der Waals surface area (Å²) in [6.45, 7) is 0.0764. The van der Waals surface area contributed by atoms with Gasteiger partial charge in [0.25, 0.3) is 5.69 Å². The van der Waals surface area contributed by atoms with E-state index in [0.717, 1.165) is 6.07 Å². The third kappa shape index (κ3) is 3.82. The van der Waals surface area contributed by atoms with Crippen LogP contribution >= 0.6 is 0 Å². The lowest BCUT2D eigenvalue weighted by Gasteiger charge is -2.22. The van der Waals surface area contributed by atoms with Crippen molar-refractivity contribution in [1.82, 2.24) is 0 Å². The molecule has 0 heterocycles. The molecule has 0 bridgehead atoms. The standard InChI is InChI=1S/C14H14FN3O4S/c1-17(9-10-4-2-3-5-12(10)15)13-7-6-11(18(19)20)8-14(13)23(16,21)22/h2-8H,9H2,1H3,(H2,16,21,22). The second kappa shape index (κ2) is 6.31. The molecule has 0 unspecified atom stereocenters. The average molecular weight is 339 g/mol. The molecule has 0 spiro atoms. The Morgan fingerprint density at radius 1 is 1.26 bits per heavy atom. The van der Waals surface area contributed by atoms with Crippen LogP contribution in [-0.4, -0.2) is 20.4 Å². The molecule has 0 saturated carbocycles. The number of hydrogen-bond donors (Lipinski definition) is 1. The highest BCUT2D eigenvalue weighted by atomic mass is 32.2. The van der Waals surface area contributed by atoms with Gasteiger partial charge in [-0.1, -0.05) is 18.2 Å². The van der Waals surface area contributed by atoms with Crippen LogP contribution in [-0.2, 0) is 16.6 Å². The third-order valence-corrected chi connectivity index (χ3v) is 4.18. The maximum Gasteiger partial charge on any atom is 0.270 e. The topological polar surface area (TPSA) is 107 Å². The highest BCUT2D eigenvalue weighted by Gasteiger charge is 2.21. The zero-order chi connectivity index (χ0) is 17.2. The van der Waals surface area contributed by atoms with Gasteiger partial charge in [-0.25, -0.2) is 17.9 Å². The second-order valence-corrected chi connectivity index (χ2v) is 6.43. The maximum absolute atomic E-state index is 13.7. The van der Waals surface area contributed by atoms with Gasteiger partial charge in [0, 0.05) is 31.3 Å². The van der Waals surface area contributed by atoms with Crippen LogP contribution in [0.5, 0.6) is 0 Å². The molecule has 7 nitrogen and oxygen atoms in total. The number of sulfonamides is 1. The van der Waals surface area contributed by atoms with Gasteiger partial charge >= 0.3 is 0 Å². The Balaban J connectivity index is 2.46. The van der Waals surface area contributed by atoms with Gasteiger partial charge in [0.1, 0.15) is 10.7 Å². The molecule has 23 heavy (non-hydrogen) atoms. The van der Waals surface area contributed by atoms with Crippen molar-refractivity contribution >= 4 is 21.4 Å². The van der Waals surface area contributed by atoms with Crippen molar-refractivity contribution in [2.45, 2.75) is 11.4 Å².